The molecule has 23 heavy (non-hydrogen) atoms. The number of carbonyl (C=O) groups is 1. The van der Waals surface area contributed by atoms with Crippen LogP contribution in [0, 0.1) is 13.8 Å². The molecule has 0 aliphatic carbocycles. The Morgan fingerprint density at radius 2 is 1.96 bits per heavy atom. The molecule has 2 aromatic carbocycles. The number of allylic oxidation sites excluding steroid dienone is 1. The second-order valence-electron chi connectivity index (χ2n) is 5.45. The number of fused-ring (bicyclic) bond motifs is 1. The van der Waals surface area contributed by atoms with Crippen molar-refractivity contribution in [1.29, 1.82) is 0 Å². The Balaban J connectivity index is 1.85. The molecule has 1 aliphatic rings. The summed E-state index contributed by atoms with van der Waals surface area (Å²) in [7, 11) is 1.57. The number of rotatable bonds is 4. The van der Waals surface area contributed by atoms with Crippen LogP contribution in [0.2, 0.25) is 0 Å². The molecule has 1 aliphatic heterocycles. The summed E-state index contributed by atoms with van der Waals surface area (Å²) in [5, 5.41) is 0. The molecule has 0 atom stereocenters. The van der Waals surface area contributed by atoms with Crippen LogP contribution in [0.3, 0.4) is 0 Å². The summed E-state index contributed by atoms with van der Waals surface area (Å²) in [6.07, 6.45) is 3.31. The number of benzene rings is 2. The standard InChI is InChI=1S/C19H18O4/c1-12-4-6-15(8-13(12)2)16(20)7-5-14-9-17(21-3)19-18(10-14)22-11-23-19/h4-10H,11H2,1-3H3/b7-5+. The average Bonchev–Trinajstić information content (AvgIpc) is 3.02. The lowest BCUT2D eigenvalue weighted by molar-refractivity contribution is 0.104. The minimum atomic E-state index is -0.0373. The average molecular weight is 310 g/mol. The Morgan fingerprint density at radius 3 is 2.70 bits per heavy atom. The van der Waals surface area contributed by atoms with Crippen molar-refractivity contribution >= 4 is 11.9 Å². The van der Waals surface area contributed by atoms with E-state index in [-0.39, 0.29) is 12.6 Å². The number of ether oxygens (including phenoxy) is 3. The molecule has 2 aromatic rings. The van der Waals surface area contributed by atoms with E-state index in [2.05, 4.69) is 0 Å². The number of hydrogen-bond acceptors (Lipinski definition) is 4. The highest BCUT2D eigenvalue weighted by Crippen LogP contribution is 2.42. The molecule has 118 valence electrons. The van der Waals surface area contributed by atoms with Gasteiger partial charge in [0.15, 0.2) is 17.3 Å². The van der Waals surface area contributed by atoms with E-state index in [9.17, 15) is 4.79 Å². The first-order chi connectivity index (χ1) is 11.1. The first-order valence-electron chi connectivity index (χ1n) is 7.36. The van der Waals surface area contributed by atoms with E-state index in [1.165, 1.54) is 5.56 Å². The molecular formula is C19H18O4. The molecule has 4 heteroatoms. The minimum absolute atomic E-state index is 0.0373. The van der Waals surface area contributed by atoms with E-state index >= 15 is 0 Å². The Labute approximate surface area is 135 Å². The van der Waals surface area contributed by atoms with Crippen molar-refractivity contribution in [2.24, 2.45) is 0 Å². The maximum Gasteiger partial charge on any atom is 0.231 e. The van der Waals surface area contributed by atoms with Crippen LogP contribution in [0.25, 0.3) is 6.08 Å². The van der Waals surface area contributed by atoms with Crippen LogP contribution in [-0.2, 0) is 0 Å². The maximum atomic E-state index is 12.3. The number of hydrogen-bond donors (Lipinski definition) is 0. The third-order valence-corrected chi connectivity index (χ3v) is 3.90. The van der Waals surface area contributed by atoms with E-state index in [0.29, 0.717) is 22.8 Å². The quantitative estimate of drug-likeness (QED) is 0.634. The normalized spacial score (nSPS) is 12.7. The molecule has 0 radical (unpaired) electrons. The lowest BCUT2D eigenvalue weighted by atomic mass is 10.0. The van der Waals surface area contributed by atoms with Gasteiger partial charge in [0.05, 0.1) is 7.11 Å². The van der Waals surface area contributed by atoms with E-state index in [0.717, 1.165) is 11.1 Å². The molecule has 0 spiro atoms. The van der Waals surface area contributed by atoms with Crippen LogP contribution in [0.15, 0.2) is 36.4 Å². The van der Waals surface area contributed by atoms with Crippen molar-refractivity contribution < 1.29 is 19.0 Å². The third-order valence-electron chi connectivity index (χ3n) is 3.90. The van der Waals surface area contributed by atoms with Crippen molar-refractivity contribution in [2.45, 2.75) is 13.8 Å². The molecule has 0 saturated carbocycles. The summed E-state index contributed by atoms with van der Waals surface area (Å²) in [6.45, 7) is 4.21. The third kappa shape index (κ3) is 3.06. The summed E-state index contributed by atoms with van der Waals surface area (Å²) >= 11 is 0. The molecule has 0 unspecified atom stereocenters. The van der Waals surface area contributed by atoms with Crippen LogP contribution < -0.4 is 14.2 Å². The van der Waals surface area contributed by atoms with Gasteiger partial charge >= 0.3 is 0 Å². The highest BCUT2D eigenvalue weighted by Gasteiger charge is 2.19. The molecule has 0 saturated heterocycles. The fourth-order valence-electron chi connectivity index (χ4n) is 2.41. The van der Waals surface area contributed by atoms with Crippen LogP contribution >= 0.6 is 0 Å². The van der Waals surface area contributed by atoms with Gasteiger partial charge in [-0.15, -0.1) is 0 Å². The number of ketones is 1. The monoisotopic (exact) mass is 310 g/mol. The van der Waals surface area contributed by atoms with Gasteiger partial charge in [0, 0.05) is 5.56 Å². The number of aryl methyl sites for hydroxylation is 2. The van der Waals surface area contributed by atoms with Crippen LogP contribution in [0.5, 0.6) is 17.2 Å². The predicted molar refractivity (Wildman–Crippen MR) is 88.4 cm³/mol. The Hall–Kier alpha value is -2.75. The van der Waals surface area contributed by atoms with Gasteiger partial charge in [0.2, 0.25) is 12.5 Å². The second kappa shape index (κ2) is 6.16. The zero-order valence-corrected chi connectivity index (χ0v) is 13.4. The SMILES string of the molecule is COc1cc(/C=C/C(=O)c2ccc(C)c(C)c2)cc2c1OCO2. The molecule has 0 aromatic heterocycles. The van der Waals surface area contributed by atoms with Crippen LogP contribution in [0.1, 0.15) is 27.0 Å². The molecule has 1 heterocycles. The molecular weight excluding hydrogens is 292 g/mol. The summed E-state index contributed by atoms with van der Waals surface area (Å²) < 4.78 is 16.0. The summed E-state index contributed by atoms with van der Waals surface area (Å²) in [5.74, 6) is 1.79. The van der Waals surface area contributed by atoms with Crippen molar-refractivity contribution in [1.82, 2.24) is 0 Å². The van der Waals surface area contributed by atoms with Gasteiger partial charge in [-0.3, -0.25) is 4.79 Å². The molecule has 0 N–H and O–H groups in total. The van der Waals surface area contributed by atoms with Gasteiger partial charge < -0.3 is 14.2 Å². The van der Waals surface area contributed by atoms with Crippen LogP contribution in [-0.4, -0.2) is 19.7 Å². The number of methoxy groups -OCH3 is 1. The first kappa shape index (κ1) is 15.2. The topological polar surface area (TPSA) is 44.8 Å². The fraction of sp³-hybridized carbons (Fsp3) is 0.211. The zero-order valence-electron chi connectivity index (χ0n) is 13.4. The summed E-state index contributed by atoms with van der Waals surface area (Å²) in [4.78, 5) is 12.3. The summed E-state index contributed by atoms with van der Waals surface area (Å²) in [5.41, 5.74) is 3.78. The number of carbonyl (C=O) groups excluding carboxylic acids is 1. The van der Waals surface area contributed by atoms with E-state index in [1.807, 2.05) is 44.2 Å². The van der Waals surface area contributed by atoms with Crippen molar-refractivity contribution in [3.05, 3.63) is 58.7 Å². The Morgan fingerprint density at radius 1 is 1.13 bits per heavy atom. The fourth-order valence-corrected chi connectivity index (χ4v) is 2.41. The molecule has 4 nitrogen and oxygen atoms in total. The smallest absolute Gasteiger partial charge is 0.231 e. The largest absolute Gasteiger partial charge is 0.493 e. The van der Waals surface area contributed by atoms with E-state index in [4.69, 9.17) is 14.2 Å². The lowest BCUT2D eigenvalue weighted by Gasteiger charge is -2.06. The van der Waals surface area contributed by atoms with Gasteiger partial charge in [-0.1, -0.05) is 18.2 Å². The molecule has 3 rings (SSSR count). The highest BCUT2D eigenvalue weighted by atomic mass is 16.7. The lowest BCUT2D eigenvalue weighted by Crippen LogP contribution is -1.95. The van der Waals surface area contributed by atoms with Crippen molar-refractivity contribution in [2.75, 3.05) is 13.9 Å². The molecule has 0 fully saturated rings. The van der Waals surface area contributed by atoms with Crippen LogP contribution in [0.4, 0.5) is 0 Å². The second-order valence-corrected chi connectivity index (χ2v) is 5.45. The molecule has 0 amide bonds. The van der Waals surface area contributed by atoms with Gasteiger partial charge in [-0.25, -0.2) is 0 Å². The Bertz CT molecular complexity index is 790. The van der Waals surface area contributed by atoms with Gasteiger partial charge in [0.1, 0.15) is 0 Å². The van der Waals surface area contributed by atoms with Crippen molar-refractivity contribution in [3.63, 3.8) is 0 Å². The maximum absolute atomic E-state index is 12.3. The van der Waals surface area contributed by atoms with Gasteiger partial charge in [-0.2, -0.15) is 0 Å². The predicted octanol–water partition coefficient (Wildman–Crippen LogP) is 3.94. The van der Waals surface area contributed by atoms with E-state index < -0.39 is 0 Å². The van der Waals surface area contributed by atoms with Crippen molar-refractivity contribution in [3.8, 4) is 17.2 Å². The highest BCUT2D eigenvalue weighted by molar-refractivity contribution is 6.07. The van der Waals surface area contributed by atoms with Gasteiger partial charge in [-0.05, 0) is 54.8 Å². The Kier molecular flexibility index (Phi) is 4.06. The molecule has 0 bridgehead atoms. The summed E-state index contributed by atoms with van der Waals surface area (Å²) in [6, 6.07) is 9.35. The minimum Gasteiger partial charge on any atom is -0.493 e. The van der Waals surface area contributed by atoms with E-state index in [1.54, 1.807) is 19.3 Å². The first-order valence-corrected chi connectivity index (χ1v) is 7.36. The van der Waals surface area contributed by atoms with Gasteiger partial charge in [0.25, 0.3) is 0 Å². The zero-order chi connectivity index (χ0) is 16.4.